The number of benzene rings is 2. The Morgan fingerprint density at radius 3 is 2.44 bits per heavy atom. The highest BCUT2D eigenvalue weighted by molar-refractivity contribution is 5.60. The van der Waals surface area contributed by atoms with E-state index in [1.54, 1.807) is 19.2 Å². The second-order valence-corrected chi connectivity index (χ2v) is 3.36. The summed E-state index contributed by atoms with van der Waals surface area (Å²) in [7, 11) is 1.62. The summed E-state index contributed by atoms with van der Waals surface area (Å²) < 4.78 is 17.8. The van der Waals surface area contributed by atoms with Gasteiger partial charge in [-0.05, 0) is 36.4 Å². The van der Waals surface area contributed by atoms with E-state index in [1.807, 2.05) is 24.3 Å². The van der Waals surface area contributed by atoms with Crippen LogP contribution >= 0.6 is 0 Å². The van der Waals surface area contributed by atoms with E-state index in [1.165, 1.54) is 12.1 Å². The summed E-state index contributed by atoms with van der Waals surface area (Å²) in [6.07, 6.45) is 0. The molecule has 0 radical (unpaired) electrons. The number of methoxy groups -OCH3 is 1. The Morgan fingerprint density at radius 1 is 1.00 bits per heavy atom. The van der Waals surface area contributed by atoms with E-state index in [4.69, 9.17) is 4.74 Å². The van der Waals surface area contributed by atoms with Gasteiger partial charge in [-0.2, -0.15) is 0 Å². The molecule has 0 spiro atoms. The summed E-state index contributed by atoms with van der Waals surface area (Å²) in [4.78, 5) is 0. The molecule has 2 nitrogen and oxygen atoms in total. The minimum absolute atomic E-state index is 0.240. The van der Waals surface area contributed by atoms with Crippen LogP contribution in [0, 0.1) is 5.82 Å². The summed E-state index contributed by atoms with van der Waals surface area (Å²) in [6.45, 7) is 0. The van der Waals surface area contributed by atoms with Crippen molar-refractivity contribution in [2.24, 2.45) is 0 Å². The van der Waals surface area contributed by atoms with Gasteiger partial charge in [0.25, 0.3) is 0 Å². The first-order valence-corrected chi connectivity index (χ1v) is 4.94. The fourth-order valence-corrected chi connectivity index (χ4v) is 1.40. The monoisotopic (exact) mass is 217 g/mol. The Hall–Kier alpha value is -2.03. The zero-order chi connectivity index (χ0) is 11.4. The number of halogens is 1. The predicted molar refractivity (Wildman–Crippen MR) is 62.7 cm³/mol. The Labute approximate surface area is 93.7 Å². The molecule has 2 aromatic rings. The first kappa shape index (κ1) is 10.5. The highest BCUT2D eigenvalue weighted by Gasteiger charge is 1.97. The summed E-state index contributed by atoms with van der Waals surface area (Å²) in [5, 5.41) is 3.16. The van der Waals surface area contributed by atoms with Gasteiger partial charge in [0.05, 0.1) is 7.11 Å². The van der Waals surface area contributed by atoms with Crippen molar-refractivity contribution in [1.29, 1.82) is 0 Å². The van der Waals surface area contributed by atoms with Crippen molar-refractivity contribution in [3.8, 4) is 5.75 Å². The Morgan fingerprint density at radius 2 is 1.75 bits per heavy atom. The molecule has 0 aromatic heterocycles. The lowest BCUT2D eigenvalue weighted by atomic mass is 10.2. The van der Waals surface area contributed by atoms with Crippen molar-refractivity contribution >= 4 is 11.4 Å². The van der Waals surface area contributed by atoms with E-state index in [-0.39, 0.29) is 5.82 Å². The zero-order valence-corrected chi connectivity index (χ0v) is 8.91. The molecule has 2 rings (SSSR count). The minimum Gasteiger partial charge on any atom is -0.497 e. The molecule has 0 aliphatic rings. The van der Waals surface area contributed by atoms with Gasteiger partial charge < -0.3 is 10.1 Å². The highest BCUT2D eigenvalue weighted by Crippen LogP contribution is 2.21. The van der Waals surface area contributed by atoms with E-state index >= 15 is 0 Å². The van der Waals surface area contributed by atoms with Crippen LogP contribution in [-0.4, -0.2) is 7.11 Å². The highest BCUT2D eigenvalue weighted by atomic mass is 19.1. The van der Waals surface area contributed by atoms with Crippen LogP contribution in [0.25, 0.3) is 0 Å². The van der Waals surface area contributed by atoms with Gasteiger partial charge in [-0.25, -0.2) is 4.39 Å². The Balaban J connectivity index is 2.16. The van der Waals surface area contributed by atoms with Crippen LogP contribution in [0.3, 0.4) is 0 Å². The van der Waals surface area contributed by atoms with Gasteiger partial charge in [0.2, 0.25) is 0 Å². The molecule has 3 heteroatoms. The van der Waals surface area contributed by atoms with Crippen LogP contribution in [0.1, 0.15) is 0 Å². The van der Waals surface area contributed by atoms with Crippen molar-refractivity contribution in [2.75, 3.05) is 12.4 Å². The predicted octanol–water partition coefficient (Wildman–Crippen LogP) is 3.58. The maximum Gasteiger partial charge on any atom is 0.123 e. The molecule has 16 heavy (non-hydrogen) atoms. The average Bonchev–Trinajstić information content (AvgIpc) is 2.32. The van der Waals surface area contributed by atoms with Crippen LogP contribution < -0.4 is 10.1 Å². The molecule has 0 aliphatic carbocycles. The number of hydrogen-bond acceptors (Lipinski definition) is 2. The second kappa shape index (κ2) is 4.66. The van der Waals surface area contributed by atoms with Gasteiger partial charge in [0, 0.05) is 17.4 Å². The lowest BCUT2D eigenvalue weighted by molar-refractivity contribution is 0.415. The SMILES string of the molecule is COc1cccc(Nc2ccc(F)cc2)c1. The van der Waals surface area contributed by atoms with Gasteiger partial charge in [-0.3, -0.25) is 0 Å². The number of anilines is 2. The summed E-state index contributed by atoms with van der Waals surface area (Å²) >= 11 is 0. The summed E-state index contributed by atoms with van der Waals surface area (Å²) in [5.41, 5.74) is 1.75. The fraction of sp³-hybridized carbons (Fsp3) is 0.0769. The standard InChI is InChI=1S/C13H12FNO/c1-16-13-4-2-3-12(9-13)15-11-7-5-10(14)6-8-11/h2-9,15H,1H3. The van der Waals surface area contributed by atoms with Gasteiger partial charge in [-0.15, -0.1) is 0 Å². The van der Waals surface area contributed by atoms with Crippen LogP contribution in [0.5, 0.6) is 5.75 Å². The van der Waals surface area contributed by atoms with Gasteiger partial charge in [0.15, 0.2) is 0 Å². The topological polar surface area (TPSA) is 21.3 Å². The minimum atomic E-state index is -0.240. The molecule has 0 aliphatic heterocycles. The van der Waals surface area contributed by atoms with Gasteiger partial charge in [-0.1, -0.05) is 6.07 Å². The van der Waals surface area contributed by atoms with Crippen molar-refractivity contribution in [3.05, 3.63) is 54.3 Å². The van der Waals surface area contributed by atoms with Crippen LogP contribution in [0.4, 0.5) is 15.8 Å². The zero-order valence-electron chi connectivity index (χ0n) is 8.91. The van der Waals surface area contributed by atoms with E-state index < -0.39 is 0 Å². The molecule has 0 atom stereocenters. The molecule has 82 valence electrons. The summed E-state index contributed by atoms with van der Waals surface area (Å²) in [6, 6.07) is 13.8. The maximum atomic E-state index is 12.7. The molecule has 0 saturated carbocycles. The fourth-order valence-electron chi connectivity index (χ4n) is 1.40. The van der Waals surface area contributed by atoms with E-state index in [0.29, 0.717) is 0 Å². The largest absolute Gasteiger partial charge is 0.497 e. The molecule has 0 unspecified atom stereocenters. The van der Waals surface area contributed by atoms with Gasteiger partial charge in [0.1, 0.15) is 11.6 Å². The third-order valence-corrected chi connectivity index (χ3v) is 2.20. The molecule has 0 fully saturated rings. The van der Waals surface area contributed by atoms with Crippen LogP contribution in [-0.2, 0) is 0 Å². The van der Waals surface area contributed by atoms with Crippen LogP contribution in [0.15, 0.2) is 48.5 Å². The van der Waals surface area contributed by atoms with Gasteiger partial charge >= 0.3 is 0 Å². The third kappa shape index (κ3) is 2.51. The first-order chi connectivity index (χ1) is 7.78. The van der Waals surface area contributed by atoms with E-state index in [0.717, 1.165) is 17.1 Å². The molecular weight excluding hydrogens is 205 g/mol. The lowest BCUT2D eigenvalue weighted by Crippen LogP contribution is -1.91. The average molecular weight is 217 g/mol. The van der Waals surface area contributed by atoms with Crippen molar-refractivity contribution in [3.63, 3.8) is 0 Å². The molecular formula is C13H12FNO. The number of hydrogen-bond donors (Lipinski definition) is 1. The van der Waals surface area contributed by atoms with E-state index in [9.17, 15) is 4.39 Å². The second-order valence-electron chi connectivity index (χ2n) is 3.36. The van der Waals surface area contributed by atoms with Crippen molar-refractivity contribution < 1.29 is 9.13 Å². The van der Waals surface area contributed by atoms with Crippen LogP contribution in [0.2, 0.25) is 0 Å². The molecule has 1 N–H and O–H groups in total. The number of ether oxygens (including phenoxy) is 1. The van der Waals surface area contributed by atoms with Crippen molar-refractivity contribution in [1.82, 2.24) is 0 Å². The molecule has 0 bridgehead atoms. The third-order valence-electron chi connectivity index (χ3n) is 2.20. The normalized spacial score (nSPS) is 9.88. The Bertz CT molecular complexity index is 468. The molecule has 0 amide bonds. The van der Waals surface area contributed by atoms with E-state index in [2.05, 4.69) is 5.32 Å². The molecule has 2 aromatic carbocycles. The maximum absolute atomic E-state index is 12.7. The summed E-state index contributed by atoms with van der Waals surface area (Å²) in [5.74, 6) is 0.545. The van der Waals surface area contributed by atoms with Crippen molar-refractivity contribution in [2.45, 2.75) is 0 Å². The first-order valence-electron chi connectivity index (χ1n) is 4.94. The number of nitrogens with one attached hydrogen (secondary N) is 1. The Kier molecular flexibility index (Phi) is 3.05. The quantitative estimate of drug-likeness (QED) is 0.848. The molecule has 0 heterocycles. The number of rotatable bonds is 3. The smallest absolute Gasteiger partial charge is 0.123 e. The molecule has 0 saturated heterocycles. The lowest BCUT2D eigenvalue weighted by Gasteiger charge is -2.07.